The van der Waals surface area contributed by atoms with E-state index in [0.717, 1.165) is 42.8 Å². The summed E-state index contributed by atoms with van der Waals surface area (Å²) in [7, 11) is 0. The van der Waals surface area contributed by atoms with Gasteiger partial charge in [-0.1, -0.05) is 32.6 Å². The average Bonchev–Trinajstić information content (AvgIpc) is 3.32. The Morgan fingerprint density at radius 2 is 2.03 bits per heavy atom. The van der Waals surface area contributed by atoms with Crippen LogP contribution in [0.25, 0.3) is 5.65 Å². The van der Waals surface area contributed by atoms with Crippen molar-refractivity contribution in [2.24, 2.45) is 0 Å². The molecule has 38 heavy (non-hydrogen) atoms. The van der Waals surface area contributed by atoms with Gasteiger partial charge < -0.3 is 25.6 Å². The first-order valence-electron chi connectivity index (χ1n) is 13.1. The molecule has 2 fully saturated rings. The summed E-state index contributed by atoms with van der Waals surface area (Å²) in [6.45, 7) is 10.2. The van der Waals surface area contributed by atoms with E-state index in [1.807, 2.05) is 30.5 Å². The van der Waals surface area contributed by atoms with Gasteiger partial charge in [0.05, 0.1) is 6.20 Å². The van der Waals surface area contributed by atoms with Gasteiger partial charge in [-0.3, -0.25) is 9.59 Å². The molecule has 2 saturated heterocycles. The SMILES string of the molecule is C=CC(=O)N1CC[C@H]1C(=O)Nc1cccc(CNc2nc(NC3CCOCC3)nc3c(C(C)C)cnn23)c1. The van der Waals surface area contributed by atoms with Crippen LogP contribution >= 0.6 is 0 Å². The van der Waals surface area contributed by atoms with E-state index in [1.165, 1.54) is 11.0 Å². The second kappa shape index (κ2) is 11.2. The third kappa shape index (κ3) is 5.47. The molecule has 1 aromatic carbocycles. The Balaban J connectivity index is 1.31. The zero-order chi connectivity index (χ0) is 26.6. The zero-order valence-electron chi connectivity index (χ0n) is 21.8. The lowest BCUT2D eigenvalue weighted by atomic mass is 10.0. The van der Waals surface area contributed by atoms with Crippen molar-refractivity contribution in [1.29, 1.82) is 0 Å². The molecule has 11 heteroatoms. The largest absolute Gasteiger partial charge is 0.381 e. The maximum atomic E-state index is 12.7. The number of ether oxygens (including phenoxy) is 1. The monoisotopic (exact) mass is 518 g/mol. The van der Waals surface area contributed by atoms with Crippen LogP contribution in [0.3, 0.4) is 0 Å². The number of carbonyl (C=O) groups is 2. The van der Waals surface area contributed by atoms with Gasteiger partial charge in [-0.05, 0) is 49.0 Å². The minimum atomic E-state index is -0.465. The third-order valence-corrected chi connectivity index (χ3v) is 7.00. The Bertz CT molecular complexity index is 1330. The van der Waals surface area contributed by atoms with Gasteiger partial charge in [0, 0.05) is 43.6 Å². The second-order valence-electron chi connectivity index (χ2n) is 9.98. The van der Waals surface area contributed by atoms with Crippen molar-refractivity contribution < 1.29 is 14.3 Å². The first kappa shape index (κ1) is 25.7. The number of carbonyl (C=O) groups excluding carboxylic acids is 2. The Labute approximate surface area is 221 Å². The quantitative estimate of drug-likeness (QED) is 0.369. The summed E-state index contributed by atoms with van der Waals surface area (Å²) in [4.78, 5) is 35.7. The van der Waals surface area contributed by atoms with Crippen molar-refractivity contribution in [3.05, 3.63) is 54.2 Å². The van der Waals surface area contributed by atoms with Gasteiger partial charge >= 0.3 is 0 Å². The fourth-order valence-corrected chi connectivity index (χ4v) is 4.71. The number of hydrogen-bond donors (Lipinski definition) is 3. The predicted octanol–water partition coefficient (Wildman–Crippen LogP) is 3.18. The summed E-state index contributed by atoms with van der Waals surface area (Å²) in [5.41, 5.74) is 3.45. The first-order chi connectivity index (χ1) is 18.4. The van der Waals surface area contributed by atoms with Crippen molar-refractivity contribution >= 4 is 35.0 Å². The van der Waals surface area contributed by atoms with Gasteiger partial charge in [-0.25, -0.2) is 0 Å². The van der Waals surface area contributed by atoms with Crippen molar-refractivity contribution in [1.82, 2.24) is 24.5 Å². The summed E-state index contributed by atoms with van der Waals surface area (Å²) in [6, 6.07) is 7.40. The van der Waals surface area contributed by atoms with Crippen LogP contribution in [0, 0.1) is 0 Å². The molecule has 2 aliphatic heterocycles. The number of fused-ring (bicyclic) bond motifs is 1. The van der Waals surface area contributed by atoms with E-state index in [1.54, 1.807) is 4.52 Å². The standard InChI is InChI=1S/C27H34N8O3/c1-4-23(36)34-11-8-22(34)25(37)30-20-7-5-6-18(14-20)15-28-27-33-26(31-19-9-12-38-13-10-19)32-24-21(17(2)3)16-29-35(24)27/h4-7,14,16-17,19,22H,1,8-13,15H2,2-3H3,(H,30,37)(H2,28,31,32,33)/t22-/m0/s1. The van der Waals surface area contributed by atoms with Crippen LogP contribution in [-0.4, -0.2) is 68.1 Å². The van der Waals surface area contributed by atoms with Crippen molar-refractivity contribution in [3.63, 3.8) is 0 Å². The molecule has 0 unspecified atom stereocenters. The zero-order valence-corrected chi connectivity index (χ0v) is 21.8. The number of rotatable bonds is 9. The molecule has 0 radical (unpaired) electrons. The van der Waals surface area contributed by atoms with Gasteiger partial charge in [0.15, 0.2) is 5.65 Å². The summed E-state index contributed by atoms with van der Waals surface area (Å²) in [5.74, 6) is 0.985. The van der Waals surface area contributed by atoms with Crippen LogP contribution in [0.4, 0.5) is 17.6 Å². The number of aromatic nitrogens is 4. The van der Waals surface area contributed by atoms with E-state index in [9.17, 15) is 9.59 Å². The van der Waals surface area contributed by atoms with E-state index in [4.69, 9.17) is 14.7 Å². The molecule has 0 bridgehead atoms. The van der Waals surface area contributed by atoms with Crippen molar-refractivity contribution in [2.75, 3.05) is 35.7 Å². The summed E-state index contributed by atoms with van der Waals surface area (Å²) >= 11 is 0. The van der Waals surface area contributed by atoms with Crippen LogP contribution in [0.1, 0.15) is 50.2 Å². The fraction of sp³-hybridized carbons (Fsp3) is 0.444. The van der Waals surface area contributed by atoms with E-state index >= 15 is 0 Å². The Morgan fingerprint density at radius 3 is 2.74 bits per heavy atom. The van der Waals surface area contributed by atoms with Crippen molar-refractivity contribution in [2.45, 2.75) is 57.7 Å². The highest BCUT2D eigenvalue weighted by Crippen LogP contribution is 2.24. The van der Waals surface area contributed by atoms with Crippen LogP contribution in [-0.2, 0) is 20.9 Å². The molecule has 0 spiro atoms. The maximum Gasteiger partial charge on any atom is 0.247 e. The maximum absolute atomic E-state index is 12.7. The molecule has 1 atom stereocenters. The highest BCUT2D eigenvalue weighted by molar-refractivity contribution is 6.00. The van der Waals surface area contributed by atoms with E-state index in [0.29, 0.717) is 37.1 Å². The van der Waals surface area contributed by atoms with Crippen LogP contribution in [0.2, 0.25) is 0 Å². The fourth-order valence-electron chi connectivity index (χ4n) is 4.71. The molecule has 2 aromatic heterocycles. The van der Waals surface area contributed by atoms with Crippen LogP contribution in [0.5, 0.6) is 0 Å². The highest BCUT2D eigenvalue weighted by atomic mass is 16.5. The molecular weight excluding hydrogens is 484 g/mol. The number of nitrogens with one attached hydrogen (secondary N) is 3. The second-order valence-corrected chi connectivity index (χ2v) is 9.98. The molecular formula is C27H34N8O3. The Hall–Kier alpha value is -3.99. The van der Waals surface area contributed by atoms with E-state index in [-0.39, 0.29) is 23.8 Å². The number of amides is 2. The molecule has 2 amide bonds. The lowest BCUT2D eigenvalue weighted by Crippen LogP contribution is -2.56. The van der Waals surface area contributed by atoms with Gasteiger partial charge in [0.25, 0.3) is 0 Å². The van der Waals surface area contributed by atoms with Gasteiger partial charge in [0.2, 0.25) is 23.7 Å². The van der Waals surface area contributed by atoms with Crippen LogP contribution in [0.15, 0.2) is 43.1 Å². The summed E-state index contributed by atoms with van der Waals surface area (Å²) in [6.07, 6.45) is 5.54. The number of benzene rings is 1. The lowest BCUT2D eigenvalue weighted by molar-refractivity contribution is -0.141. The van der Waals surface area contributed by atoms with Gasteiger partial charge in [-0.15, -0.1) is 0 Å². The number of likely N-dealkylation sites (tertiary alicyclic amines) is 1. The number of hydrogen-bond acceptors (Lipinski definition) is 8. The number of anilines is 3. The molecule has 3 N–H and O–H groups in total. The minimum Gasteiger partial charge on any atom is -0.381 e. The molecule has 0 saturated carbocycles. The van der Waals surface area contributed by atoms with E-state index < -0.39 is 6.04 Å². The smallest absolute Gasteiger partial charge is 0.247 e. The number of nitrogens with zero attached hydrogens (tertiary/aromatic N) is 5. The van der Waals surface area contributed by atoms with Crippen molar-refractivity contribution in [3.8, 4) is 0 Å². The Kier molecular flexibility index (Phi) is 7.54. The minimum absolute atomic E-state index is 0.198. The highest BCUT2D eigenvalue weighted by Gasteiger charge is 2.36. The van der Waals surface area contributed by atoms with Crippen LogP contribution < -0.4 is 16.0 Å². The molecule has 0 aliphatic carbocycles. The average molecular weight is 519 g/mol. The molecule has 11 nitrogen and oxygen atoms in total. The molecule has 4 heterocycles. The predicted molar refractivity (Wildman–Crippen MR) is 145 cm³/mol. The van der Waals surface area contributed by atoms with E-state index in [2.05, 4.69) is 41.5 Å². The molecule has 200 valence electrons. The topological polar surface area (TPSA) is 126 Å². The lowest BCUT2D eigenvalue weighted by Gasteiger charge is -2.39. The van der Waals surface area contributed by atoms with Gasteiger partial charge in [-0.2, -0.15) is 19.6 Å². The van der Waals surface area contributed by atoms with Gasteiger partial charge in [0.1, 0.15) is 6.04 Å². The summed E-state index contributed by atoms with van der Waals surface area (Å²) in [5, 5.41) is 14.3. The molecule has 5 rings (SSSR count). The normalized spacial score (nSPS) is 17.8. The summed E-state index contributed by atoms with van der Waals surface area (Å²) < 4.78 is 7.21. The first-order valence-corrected chi connectivity index (χ1v) is 13.1. The Morgan fingerprint density at radius 1 is 1.21 bits per heavy atom. The third-order valence-electron chi connectivity index (χ3n) is 7.00. The molecule has 3 aromatic rings. The molecule has 2 aliphatic rings.